The van der Waals surface area contributed by atoms with Crippen LogP contribution in [0.25, 0.3) is 0 Å². The summed E-state index contributed by atoms with van der Waals surface area (Å²) < 4.78 is 4.51. The standard InChI is InChI=1S/C8H13NO3S/c1-8(2,3)13-4-5-6(10)12-7(11)9-5/h10H,4H2,1-3H3,(H,9,11). The second-order valence-electron chi connectivity index (χ2n) is 3.70. The smallest absolute Gasteiger partial charge is 0.419 e. The predicted octanol–water partition coefficient (Wildman–Crippen LogP) is 1.71. The van der Waals surface area contributed by atoms with Gasteiger partial charge in [0.05, 0.1) is 0 Å². The molecule has 2 N–H and O–H groups in total. The molecule has 1 aromatic rings. The molecule has 13 heavy (non-hydrogen) atoms. The van der Waals surface area contributed by atoms with Gasteiger partial charge in [-0.1, -0.05) is 20.8 Å². The van der Waals surface area contributed by atoms with Crippen LogP contribution in [0.5, 0.6) is 5.95 Å². The van der Waals surface area contributed by atoms with Crippen LogP contribution in [-0.4, -0.2) is 14.8 Å². The number of hydrogen-bond acceptors (Lipinski definition) is 4. The Balaban J connectivity index is 2.65. The molecule has 1 heterocycles. The van der Waals surface area contributed by atoms with Crippen molar-refractivity contribution in [2.75, 3.05) is 0 Å². The lowest BCUT2D eigenvalue weighted by molar-refractivity contribution is 0.317. The molecule has 0 fully saturated rings. The minimum atomic E-state index is -0.609. The molecule has 0 aliphatic heterocycles. The van der Waals surface area contributed by atoms with E-state index < -0.39 is 5.76 Å². The van der Waals surface area contributed by atoms with E-state index in [1.54, 1.807) is 11.8 Å². The number of thioether (sulfide) groups is 1. The zero-order valence-corrected chi connectivity index (χ0v) is 8.70. The molecule has 0 radical (unpaired) electrons. The lowest BCUT2D eigenvalue weighted by Crippen LogP contribution is -2.08. The Morgan fingerprint density at radius 2 is 2.15 bits per heavy atom. The van der Waals surface area contributed by atoms with Gasteiger partial charge in [-0.2, -0.15) is 0 Å². The molecule has 0 saturated heterocycles. The summed E-state index contributed by atoms with van der Waals surface area (Å²) in [6.45, 7) is 6.19. The Labute approximate surface area is 80.3 Å². The Bertz CT molecular complexity index is 334. The highest BCUT2D eigenvalue weighted by atomic mass is 32.2. The third-order valence-corrected chi connectivity index (χ3v) is 2.65. The van der Waals surface area contributed by atoms with E-state index in [1.807, 2.05) is 0 Å². The number of H-pyrrole nitrogens is 1. The number of aromatic amines is 1. The molecule has 0 spiro atoms. The molecule has 74 valence electrons. The van der Waals surface area contributed by atoms with Gasteiger partial charge >= 0.3 is 11.7 Å². The largest absolute Gasteiger partial charge is 0.479 e. The number of aromatic hydroxyl groups is 1. The fraction of sp³-hybridized carbons (Fsp3) is 0.625. The maximum atomic E-state index is 10.6. The van der Waals surface area contributed by atoms with Crippen LogP contribution >= 0.6 is 11.8 Å². The summed E-state index contributed by atoms with van der Waals surface area (Å²) in [5.41, 5.74) is 0.449. The molecule has 0 aliphatic carbocycles. The Morgan fingerprint density at radius 1 is 1.54 bits per heavy atom. The van der Waals surface area contributed by atoms with Gasteiger partial charge in [0.2, 0.25) is 0 Å². The maximum absolute atomic E-state index is 10.6. The van der Waals surface area contributed by atoms with E-state index in [4.69, 9.17) is 5.11 Å². The summed E-state index contributed by atoms with van der Waals surface area (Å²) in [4.78, 5) is 13.1. The molecule has 0 saturated carbocycles. The molecule has 5 heteroatoms. The van der Waals surface area contributed by atoms with Crippen LogP contribution in [0.2, 0.25) is 0 Å². The minimum absolute atomic E-state index is 0.0978. The van der Waals surface area contributed by atoms with Crippen molar-refractivity contribution in [1.29, 1.82) is 0 Å². The summed E-state index contributed by atoms with van der Waals surface area (Å²) in [7, 11) is 0. The van der Waals surface area contributed by atoms with Crippen LogP contribution in [0.15, 0.2) is 9.21 Å². The van der Waals surface area contributed by atoms with Crippen LogP contribution in [-0.2, 0) is 5.75 Å². The molecular formula is C8H13NO3S. The lowest BCUT2D eigenvalue weighted by atomic mass is 10.3. The molecule has 0 aromatic carbocycles. The van der Waals surface area contributed by atoms with Crippen LogP contribution in [0.3, 0.4) is 0 Å². The van der Waals surface area contributed by atoms with Gasteiger partial charge in [-0.25, -0.2) is 4.79 Å². The topological polar surface area (TPSA) is 66.2 Å². The van der Waals surface area contributed by atoms with Crippen molar-refractivity contribution in [3.05, 3.63) is 16.2 Å². The molecule has 0 atom stereocenters. The monoisotopic (exact) mass is 203 g/mol. The molecule has 0 bridgehead atoms. The second-order valence-corrected chi connectivity index (χ2v) is 5.50. The van der Waals surface area contributed by atoms with Crippen molar-refractivity contribution in [1.82, 2.24) is 4.98 Å². The third kappa shape index (κ3) is 3.18. The zero-order chi connectivity index (χ0) is 10.1. The highest BCUT2D eigenvalue weighted by Crippen LogP contribution is 2.28. The highest BCUT2D eigenvalue weighted by molar-refractivity contribution is 7.99. The van der Waals surface area contributed by atoms with Gasteiger partial charge in [0, 0.05) is 10.5 Å². The fourth-order valence-corrected chi connectivity index (χ4v) is 1.51. The quantitative estimate of drug-likeness (QED) is 0.767. The van der Waals surface area contributed by atoms with Crippen LogP contribution < -0.4 is 5.76 Å². The average Bonchev–Trinajstić information content (AvgIpc) is 2.24. The lowest BCUT2D eigenvalue weighted by Gasteiger charge is -2.16. The zero-order valence-electron chi connectivity index (χ0n) is 7.88. The molecule has 1 aromatic heterocycles. The van der Waals surface area contributed by atoms with Crippen LogP contribution in [0, 0.1) is 0 Å². The van der Waals surface area contributed by atoms with E-state index in [1.165, 1.54) is 0 Å². The van der Waals surface area contributed by atoms with Crippen LogP contribution in [0.4, 0.5) is 0 Å². The van der Waals surface area contributed by atoms with Crippen molar-refractivity contribution in [3.8, 4) is 5.95 Å². The number of rotatable bonds is 2. The first-order valence-corrected chi connectivity index (χ1v) is 4.92. The van der Waals surface area contributed by atoms with E-state index in [2.05, 4.69) is 30.2 Å². The number of aromatic nitrogens is 1. The van der Waals surface area contributed by atoms with E-state index in [-0.39, 0.29) is 10.7 Å². The predicted molar refractivity (Wildman–Crippen MR) is 52.0 cm³/mol. The van der Waals surface area contributed by atoms with E-state index >= 15 is 0 Å². The minimum Gasteiger partial charge on any atom is -0.479 e. The fourth-order valence-electron chi connectivity index (χ4n) is 0.738. The third-order valence-electron chi connectivity index (χ3n) is 1.35. The van der Waals surface area contributed by atoms with Crippen molar-refractivity contribution in [2.24, 2.45) is 0 Å². The van der Waals surface area contributed by atoms with Crippen molar-refractivity contribution < 1.29 is 9.52 Å². The molecule has 0 aliphatic rings. The van der Waals surface area contributed by atoms with Crippen molar-refractivity contribution in [3.63, 3.8) is 0 Å². The van der Waals surface area contributed by atoms with Crippen molar-refractivity contribution >= 4 is 11.8 Å². The van der Waals surface area contributed by atoms with E-state index in [0.29, 0.717) is 11.4 Å². The van der Waals surface area contributed by atoms with Gasteiger partial charge in [0.25, 0.3) is 0 Å². The molecule has 1 rings (SSSR count). The molecule has 4 nitrogen and oxygen atoms in total. The van der Waals surface area contributed by atoms with Crippen molar-refractivity contribution in [2.45, 2.75) is 31.3 Å². The normalized spacial score (nSPS) is 11.9. The first kappa shape index (κ1) is 10.2. The van der Waals surface area contributed by atoms with Gasteiger partial charge in [-0.3, -0.25) is 4.98 Å². The van der Waals surface area contributed by atoms with Gasteiger partial charge in [-0.05, 0) is 0 Å². The first-order chi connectivity index (χ1) is 5.88. The summed E-state index contributed by atoms with van der Waals surface area (Å²) in [6.07, 6.45) is 0. The maximum Gasteiger partial charge on any atom is 0.419 e. The van der Waals surface area contributed by atoms with Gasteiger partial charge in [-0.15, -0.1) is 11.8 Å². The molecule has 0 amide bonds. The van der Waals surface area contributed by atoms with E-state index in [0.717, 1.165) is 0 Å². The van der Waals surface area contributed by atoms with Gasteiger partial charge < -0.3 is 9.52 Å². The number of oxazole rings is 1. The van der Waals surface area contributed by atoms with Crippen LogP contribution in [0.1, 0.15) is 26.5 Å². The Kier molecular flexibility index (Phi) is 2.75. The van der Waals surface area contributed by atoms with Gasteiger partial charge in [0.1, 0.15) is 5.69 Å². The average molecular weight is 203 g/mol. The summed E-state index contributed by atoms with van der Waals surface area (Å²) in [6, 6.07) is 0. The number of hydrogen-bond donors (Lipinski definition) is 2. The molecule has 0 unspecified atom stereocenters. The Morgan fingerprint density at radius 3 is 2.54 bits per heavy atom. The second kappa shape index (κ2) is 3.49. The van der Waals surface area contributed by atoms with Gasteiger partial charge in [0.15, 0.2) is 0 Å². The highest BCUT2D eigenvalue weighted by Gasteiger charge is 2.14. The summed E-state index contributed by atoms with van der Waals surface area (Å²) in [5.74, 6) is -0.370. The Hall–Kier alpha value is -0.840. The number of nitrogens with one attached hydrogen (secondary N) is 1. The SMILES string of the molecule is CC(C)(C)SCc1[nH]c(=O)oc1O. The van der Waals surface area contributed by atoms with E-state index in [9.17, 15) is 4.79 Å². The molecular weight excluding hydrogens is 190 g/mol. The first-order valence-electron chi connectivity index (χ1n) is 3.93. The summed E-state index contributed by atoms with van der Waals surface area (Å²) in [5, 5.41) is 9.12. The summed E-state index contributed by atoms with van der Waals surface area (Å²) >= 11 is 1.62.